The number of hydrogen-bond donors (Lipinski definition) is 1. The molecule has 0 aromatic rings. The van der Waals surface area contributed by atoms with Crippen LogP contribution in [0.5, 0.6) is 0 Å². The molecule has 1 N–H and O–H groups in total. The molecule has 0 spiro atoms. The fraction of sp³-hybridized carbons (Fsp3) is 1.00. The van der Waals surface area contributed by atoms with Crippen LogP contribution in [0.15, 0.2) is 0 Å². The number of hydrogen-bond acceptors (Lipinski definition) is 4. The summed E-state index contributed by atoms with van der Waals surface area (Å²) in [5.74, 6) is 0. The van der Waals surface area contributed by atoms with Crippen molar-refractivity contribution in [3.05, 3.63) is 0 Å². The van der Waals surface area contributed by atoms with Gasteiger partial charge in [0.1, 0.15) is 11.7 Å². The van der Waals surface area contributed by atoms with Crippen LogP contribution < -0.4 is 0 Å². The van der Waals surface area contributed by atoms with Crippen molar-refractivity contribution in [2.75, 3.05) is 20.3 Å². The van der Waals surface area contributed by atoms with Gasteiger partial charge in [0, 0.05) is 1.37 Å². The largest absolute Gasteiger partial charge is 0.388 e. The van der Waals surface area contributed by atoms with Crippen molar-refractivity contribution < 1.29 is 16.1 Å². The molecule has 0 aliphatic carbocycles. The zero-order valence-corrected chi connectivity index (χ0v) is 6.49. The highest BCUT2D eigenvalue weighted by Crippen LogP contribution is 2.37. The normalized spacial score (nSPS) is 51.6. The fourth-order valence-corrected chi connectivity index (χ4v) is 1.74. The van der Waals surface area contributed by atoms with Crippen molar-refractivity contribution >= 4 is 0 Å². The Balaban J connectivity index is 2.18. The Bertz CT molecular complexity index is 191. The Hall–Kier alpha value is -0.160. The molecular weight excluding hydrogens is 146 g/mol. The van der Waals surface area contributed by atoms with Gasteiger partial charge in [-0.25, -0.2) is 0 Å². The van der Waals surface area contributed by atoms with Crippen molar-refractivity contribution in [2.45, 2.75) is 24.6 Å². The Morgan fingerprint density at radius 1 is 1.91 bits per heavy atom. The molecule has 4 heteroatoms. The van der Waals surface area contributed by atoms with E-state index in [2.05, 4.69) is 0 Å². The summed E-state index contributed by atoms with van der Waals surface area (Å²) in [6, 6.07) is -0.0830. The second kappa shape index (κ2) is 2.17. The lowest BCUT2D eigenvalue weighted by atomic mass is 10.0. The molecule has 0 unspecified atom stereocenters. The molecule has 0 aromatic heterocycles. The first-order valence-electron chi connectivity index (χ1n) is 4.36. The summed E-state index contributed by atoms with van der Waals surface area (Å²) >= 11 is 0. The van der Waals surface area contributed by atoms with Gasteiger partial charge in [-0.3, -0.25) is 0 Å². The number of hydroxylamine groups is 2. The van der Waals surface area contributed by atoms with Crippen molar-refractivity contribution in [2.24, 2.45) is 0 Å². The SMILES string of the molecule is [2H]C[C@@]12CN(OC)[C@@H](CO1)[C@@H]2O. The van der Waals surface area contributed by atoms with Crippen LogP contribution >= 0.6 is 0 Å². The highest BCUT2D eigenvalue weighted by molar-refractivity contribution is 5.05. The number of aliphatic hydroxyl groups is 1. The maximum atomic E-state index is 9.71. The maximum Gasteiger partial charge on any atom is 0.108 e. The fourth-order valence-electron chi connectivity index (χ4n) is 1.74. The second-order valence-corrected chi connectivity index (χ2v) is 3.15. The van der Waals surface area contributed by atoms with Gasteiger partial charge in [0.05, 0.1) is 26.3 Å². The van der Waals surface area contributed by atoms with Gasteiger partial charge in [-0.15, -0.1) is 0 Å². The van der Waals surface area contributed by atoms with Crippen LogP contribution in [0.25, 0.3) is 0 Å². The molecule has 0 radical (unpaired) electrons. The minimum atomic E-state index is -0.694. The third-order valence-corrected chi connectivity index (χ3v) is 2.47. The summed E-state index contributed by atoms with van der Waals surface area (Å²) in [7, 11) is 1.57. The van der Waals surface area contributed by atoms with E-state index in [0.717, 1.165) is 0 Å². The average Bonchev–Trinajstić information content (AvgIpc) is 2.58. The predicted molar refractivity (Wildman–Crippen MR) is 37.9 cm³/mol. The minimum absolute atomic E-state index is 0.0830. The molecule has 2 saturated heterocycles. The van der Waals surface area contributed by atoms with E-state index in [9.17, 15) is 5.11 Å². The van der Waals surface area contributed by atoms with Crippen LogP contribution in [0.3, 0.4) is 0 Å². The van der Waals surface area contributed by atoms with E-state index >= 15 is 0 Å². The molecule has 3 atom stereocenters. The Labute approximate surface area is 67.1 Å². The van der Waals surface area contributed by atoms with Crippen LogP contribution in [0.2, 0.25) is 0 Å². The maximum absolute atomic E-state index is 9.71. The molecule has 2 aliphatic heterocycles. The molecule has 4 nitrogen and oxygen atoms in total. The number of ether oxygens (including phenoxy) is 1. The predicted octanol–water partition coefficient (Wildman–Crippen LogP) is -0.618. The van der Waals surface area contributed by atoms with Crippen molar-refractivity contribution in [3.63, 3.8) is 0 Å². The topological polar surface area (TPSA) is 41.9 Å². The zero-order valence-electron chi connectivity index (χ0n) is 7.49. The summed E-state index contributed by atoms with van der Waals surface area (Å²) < 4.78 is 12.7. The Morgan fingerprint density at radius 3 is 3.18 bits per heavy atom. The Kier molecular flexibility index (Phi) is 1.25. The number of morpholine rings is 1. The summed E-state index contributed by atoms with van der Waals surface area (Å²) in [5.41, 5.74) is -0.694. The van der Waals surface area contributed by atoms with Crippen molar-refractivity contribution in [1.29, 1.82) is 0 Å². The summed E-state index contributed by atoms with van der Waals surface area (Å²) in [5, 5.41) is 11.4. The van der Waals surface area contributed by atoms with Gasteiger partial charge < -0.3 is 14.7 Å². The first kappa shape index (κ1) is 6.37. The van der Waals surface area contributed by atoms with Crippen molar-refractivity contribution in [3.8, 4) is 0 Å². The van der Waals surface area contributed by atoms with Crippen LogP contribution in [-0.4, -0.2) is 48.2 Å². The van der Waals surface area contributed by atoms with Gasteiger partial charge in [0.25, 0.3) is 0 Å². The van der Waals surface area contributed by atoms with E-state index in [-0.39, 0.29) is 12.9 Å². The summed E-state index contributed by atoms with van der Waals surface area (Å²) in [4.78, 5) is 5.05. The van der Waals surface area contributed by atoms with E-state index in [1.807, 2.05) is 0 Å². The van der Waals surface area contributed by atoms with Gasteiger partial charge in [-0.2, -0.15) is 5.06 Å². The van der Waals surface area contributed by atoms with E-state index in [0.29, 0.717) is 13.2 Å². The highest BCUT2D eigenvalue weighted by Gasteiger charge is 2.56. The van der Waals surface area contributed by atoms with Crippen molar-refractivity contribution in [1.82, 2.24) is 5.06 Å². The van der Waals surface area contributed by atoms with Crippen LogP contribution in [-0.2, 0) is 9.57 Å². The lowest BCUT2D eigenvalue weighted by Gasteiger charge is -2.27. The molecule has 0 amide bonds. The average molecular weight is 160 g/mol. The van der Waals surface area contributed by atoms with E-state index in [1.165, 1.54) is 0 Å². The third-order valence-electron chi connectivity index (χ3n) is 2.47. The van der Waals surface area contributed by atoms with Crippen LogP contribution in [0.1, 0.15) is 8.27 Å². The smallest absolute Gasteiger partial charge is 0.108 e. The molecule has 11 heavy (non-hydrogen) atoms. The molecule has 2 rings (SSSR count). The van der Waals surface area contributed by atoms with Gasteiger partial charge in [-0.05, 0) is 6.90 Å². The van der Waals surface area contributed by atoms with Gasteiger partial charge in [-0.1, -0.05) is 0 Å². The Morgan fingerprint density at radius 2 is 2.73 bits per heavy atom. The second-order valence-electron chi connectivity index (χ2n) is 3.15. The lowest BCUT2D eigenvalue weighted by molar-refractivity contribution is -0.191. The highest BCUT2D eigenvalue weighted by atomic mass is 16.7. The number of nitrogens with zero attached hydrogens (tertiary/aromatic N) is 1. The zero-order chi connectivity index (χ0) is 8.77. The van der Waals surface area contributed by atoms with Gasteiger partial charge in [0.15, 0.2) is 0 Å². The monoisotopic (exact) mass is 160 g/mol. The third kappa shape index (κ3) is 0.840. The lowest BCUT2D eigenvalue weighted by Crippen LogP contribution is -2.40. The molecule has 2 bridgehead atoms. The van der Waals surface area contributed by atoms with E-state index in [1.54, 1.807) is 12.2 Å². The van der Waals surface area contributed by atoms with Crippen LogP contribution in [0, 0.1) is 0 Å². The summed E-state index contributed by atoms with van der Waals surface area (Å²) in [6.45, 7) is 1.05. The number of fused-ring (bicyclic) bond motifs is 2. The molecule has 64 valence electrons. The minimum Gasteiger partial charge on any atom is -0.388 e. The first-order chi connectivity index (χ1) is 5.73. The molecular formula is C7H13NO3. The quantitative estimate of drug-likeness (QED) is 0.555. The van der Waals surface area contributed by atoms with E-state index < -0.39 is 11.7 Å². The number of rotatable bonds is 1. The first-order valence-corrected chi connectivity index (χ1v) is 3.65. The molecule has 2 aliphatic rings. The standard InChI is InChI=1S/C7H13NO3/c1-7-4-8(10-2)5(3-11-7)6(7)9/h5-6,9H,3-4H2,1-2H3/t5-,6-,7-/m0/s1/i1D. The van der Waals surface area contributed by atoms with Crippen LogP contribution in [0.4, 0.5) is 0 Å². The molecule has 0 aromatic carbocycles. The van der Waals surface area contributed by atoms with Gasteiger partial charge >= 0.3 is 0 Å². The molecule has 2 heterocycles. The molecule has 2 fully saturated rings. The number of aliphatic hydroxyl groups excluding tert-OH is 1. The summed E-state index contributed by atoms with van der Waals surface area (Å²) in [6.07, 6.45) is -0.574. The molecule has 0 saturated carbocycles. The van der Waals surface area contributed by atoms with Gasteiger partial charge in [0.2, 0.25) is 0 Å². The van der Waals surface area contributed by atoms with E-state index in [4.69, 9.17) is 10.9 Å².